The zero-order valence-electron chi connectivity index (χ0n) is 39.3. The van der Waals surface area contributed by atoms with Crippen molar-refractivity contribution in [2.24, 2.45) is 0 Å². The van der Waals surface area contributed by atoms with Crippen LogP contribution in [0.4, 0.5) is 0 Å². The van der Waals surface area contributed by atoms with E-state index in [-0.39, 0.29) is 12.5 Å². The Balaban J connectivity index is 4.07. The molecule has 0 radical (unpaired) electrons. The van der Waals surface area contributed by atoms with E-state index >= 15 is 0 Å². The van der Waals surface area contributed by atoms with Gasteiger partial charge in [-0.2, -0.15) is 0 Å². The van der Waals surface area contributed by atoms with Crippen LogP contribution in [0.25, 0.3) is 0 Å². The molecule has 0 saturated heterocycles. The normalized spacial score (nSPS) is 15.2. The number of rotatable bonds is 41. The monoisotopic (exact) mass is 869 g/mol. The van der Waals surface area contributed by atoms with Crippen LogP contribution >= 0.6 is 7.82 Å². The van der Waals surface area contributed by atoms with Crippen molar-refractivity contribution in [1.29, 1.82) is 0 Å². The summed E-state index contributed by atoms with van der Waals surface area (Å²) in [6.45, 7) is 4.41. The number of nitrogens with one attached hydrogen (secondary N) is 1. The number of likely N-dealkylation sites (N-methyl/N-ethyl adjacent to an activating group) is 1. The summed E-state index contributed by atoms with van der Waals surface area (Å²) in [5.41, 5.74) is 0. The van der Waals surface area contributed by atoms with Gasteiger partial charge in [-0.15, -0.1) is 0 Å². The van der Waals surface area contributed by atoms with Crippen LogP contribution in [0.2, 0.25) is 0 Å². The van der Waals surface area contributed by atoms with Gasteiger partial charge in [0.25, 0.3) is 7.82 Å². The summed E-state index contributed by atoms with van der Waals surface area (Å²) >= 11 is 0. The number of quaternary nitrogens is 1. The minimum Gasteiger partial charge on any atom is -0.756 e. The van der Waals surface area contributed by atoms with E-state index < -0.39 is 26.6 Å². The predicted octanol–water partition coefficient (Wildman–Crippen LogP) is 13.1. The fraction of sp³-hybridized carbons (Fsp3) is 0.635. The second kappa shape index (κ2) is 42.5. The summed E-state index contributed by atoms with van der Waals surface area (Å²) in [5, 5.41) is 13.6. The van der Waals surface area contributed by atoms with Crippen molar-refractivity contribution < 1.29 is 32.9 Å². The molecule has 0 heterocycles. The highest BCUT2D eigenvalue weighted by molar-refractivity contribution is 7.45. The maximum atomic E-state index is 12.8. The van der Waals surface area contributed by atoms with Crippen molar-refractivity contribution in [3.63, 3.8) is 0 Å². The van der Waals surface area contributed by atoms with Crippen LogP contribution < -0.4 is 10.2 Å². The molecule has 0 aromatic heterocycles. The van der Waals surface area contributed by atoms with Crippen LogP contribution in [0.15, 0.2) is 109 Å². The van der Waals surface area contributed by atoms with Gasteiger partial charge in [0.05, 0.1) is 39.9 Å². The van der Waals surface area contributed by atoms with E-state index in [0.29, 0.717) is 17.4 Å². The zero-order valence-corrected chi connectivity index (χ0v) is 40.2. The van der Waals surface area contributed by atoms with Gasteiger partial charge >= 0.3 is 0 Å². The molecule has 0 saturated carbocycles. The van der Waals surface area contributed by atoms with Crippen molar-refractivity contribution in [3.05, 3.63) is 109 Å². The summed E-state index contributed by atoms with van der Waals surface area (Å²) in [6, 6.07) is -0.894. The van der Waals surface area contributed by atoms with Crippen molar-refractivity contribution in [1.82, 2.24) is 5.32 Å². The van der Waals surface area contributed by atoms with Gasteiger partial charge < -0.3 is 28.8 Å². The molecule has 0 bridgehead atoms. The van der Waals surface area contributed by atoms with Crippen LogP contribution in [0.5, 0.6) is 0 Å². The number of phosphoric ester groups is 1. The number of allylic oxidation sites excluding steroid dienone is 17. The first-order valence-electron chi connectivity index (χ1n) is 23.7. The molecule has 8 nitrogen and oxygen atoms in total. The highest BCUT2D eigenvalue weighted by Crippen LogP contribution is 2.38. The molecule has 0 rings (SSSR count). The molecule has 0 fully saturated rings. The summed E-state index contributed by atoms with van der Waals surface area (Å²) in [7, 11) is 1.23. The van der Waals surface area contributed by atoms with Crippen LogP contribution in [0, 0.1) is 0 Å². The van der Waals surface area contributed by atoms with Crippen LogP contribution in [-0.2, 0) is 18.4 Å². The number of amides is 1. The Kier molecular flexibility index (Phi) is 40.5. The molecule has 1 amide bonds. The molecule has 0 aliphatic heterocycles. The molecule has 0 aromatic rings. The number of phosphoric acid groups is 1. The number of carbonyl (C=O) groups excluding carboxylic acids is 1. The molecule has 0 aromatic carbocycles. The van der Waals surface area contributed by atoms with Gasteiger partial charge in [-0.05, 0) is 83.5 Å². The molecular weight excluding hydrogens is 780 g/mol. The number of hydrogen-bond donors (Lipinski definition) is 2. The highest BCUT2D eigenvalue weighted by Gasteiger charge is 2.23. The molecule has 2 N–H and O–H groups in total. The maximum Gasteiger partial charge on any atom is 0.268 e. The lowest BCUT2D eigenvalue weighted by Gasteiger charge is -2.29. The van der Waals surface area contributed by atoms with Crippen molar-refractivity contribution in [2.75, 3.05) is 40.9 Å². The average Bonchev–Trinajstić information content (AvgIpc) is 3.21. The average molecular weight is 869 g/mol. The molecule has 0 aliphatic carbocycles. The third kappa shape index (κ3) is 45.0. The molecule has 348 valence electrons. The fourth-order valence-electron chi connectivity index (χ4n) is 5.99. The van der Waals surface area contributed by atoms with Crippen molar-refractivity contribution in [3.8, 4) is 0 Å². The van der Waals surface area contributed by atoms with Gasteiger partial charge in [-0.25, -0.2) is 0 Å². The fourth-order valence-corrected chi connectivity index (χ4v) is 6.71. The zero-order chi connectivity index (χ0) is 45.0. The van der Waals surface area contributed by atoms with E-state index in [0.717, 1.165) is 109 Å². The predicted molar refractivity (Wildman–Crippen MR) is 260 cm³/mol. The van der Waals surface area contributed by atoms with E-state index in [9.17, 15) is 19.4 Å². The van der Waals surface area contributed by atoms with E-state index in [1.165, 1.54) is 32.1 Å². The molecule has 3 unspecified atom stereocenters. The minimum atomic E-state index is -4.58. The van der Waals surface area contributed by atoms with E-state index in [4.69, 9.17) is 9.05 Å². The van der Waals surface area contributed by atoms with Gasteiger partial charge in [-0.1, -0.05) is 181 Å². The summed E-state index contributed by atoms with van der Waals surface area (Å²) in [4.78, 5) is 25.1. The Hall–Kier alpha value is -2.84. The SMILES string of the molecule is CC/C=C\C/C=C\C/C=C\C/C=C\C/C=C\C/C=C\C/C=C\C/C=C\CCCCCCCCCCC(=O)NC(COP(=O)([O-])OCC[N+](C)(C)C)C(O)/C=C/CCCCCC. The third-order valence-electron chi connectivity index (χ3n) is 9.74. The standard InChI is InChI=1S/C52H89N2O6P/c1-6-8-10-12-14-15-16-17-18-19-20-21-22-23-24-25-26-27-28-29-30-31-32-33-34-35-36-37-38-39-40-42-44-46-52(56)53-50(51(55)45-43-41-13-11-9-7-2)49-60-61(57,58)59-48-47-54(3,4)5/h8,10,14-15,17-18,20-21,23-24,26-27,29-30,32-33,43,45,50-51,55H,6-7,9,11-13,16,19,22,25,28,31,34-42,44,46-49H2,1-5H3,(H-,53,56,57,58)/b10-8-,15-14-,18-17-,21-20-,24-23-,27-26-,30-29-,33-32-,45-43+. The van der Waals surface area contributed by atoms with Crippen LogP contribution in [0.3, 0.4) is 0 Å². The molecular formula is C52H89N2O6P. The summed E-state index contributed by atoms with van der Waals surface area (Å²) in [6.07, 6.45) is 61.8. The Morgan fingerprint density at radius 2 is 1.00 bits per heavy atom. The molecule has 0 spiro atoms. The summed E-state index contributed by atoms with van der Waals surface area (Å²) in [5.74, 6) is -0.218. The van der Waals surface area contributed by atoms with Gasteiger partial charge in [0.1, 0.15) is 13.2 Å². The van der Waals surface area contributed by atoms with Crippen LogP contribution in [-0.4, -0.2) is 68.5 Å². The summed E-state index contributed by atoms with van der Waals surface area (Å²) < 4.78 is 23.0. The molecule has 3 atom stereocenters. The van der Waals surface area contributed by atoms with Crippen molar-refractivity contribution in [2.45, 2.75) is 174 Å². The molecule has 9 heteroatoms. The lowest BCUT2D eigenvalue weighted by Crippen LogP contribution is -2.45. The Bertz CT molecular complexity index is 1350. The number of carbonyl (C=O) groups is 1. The van der Waals surface area contributed by atoms with Gasteiger partial charge in [0.2, 0.25) is 5.91 Å². The Labute approximate surface area is 374 Å². The minimum absolute atomic E-state index is 0.00932. The first-order chi connectivity index (χ1) is 29.5. The second-order valence-corrected chi connectivity index (χ2v) is 18.1. The number of unbranched alkanes of at least 4 members (excludes halogenated alkanes) is 12. The van der Waals surface area contributed by atoms with E-state index in [1.807, 2.05) is 27.2 Å². The molecule has 0 aliphatic rings. The Morgan fingerprint density at radius 1 is 0.590 bits per heavy atom. The largest absolute Gasteiger partial charge is 0.756 e. The maximum absolute atomic E-state index is 12.8. The Morgan fingerprint density at radius 3 is 1.46 bits per heavy atom. The first kappa shape index (κ1) is 58.2. The van der Waals surface area contributed by atoms with Gasteiger partial charge in [-0.3, -0.25) is 9.36 Å². The van der Waals surface area contributed by atoms with Gasteiger partial charge in [0.15, 0.2) is 0 Å². The van der Waals surface area contributed by atoms with E-state index in [1.54, 1.807) is 6.08 Å². The number of aliphatic hydroxyl groups excluding tert-OH is 1. The topological polar surface area (TPSA) is 108 Å². The molecule has 61 heavy (non-hydrogen) atoms. The number of aliphatic hydroxyl groups is 1. The van der Waals surface area contributed by atoms with Crippen molar-refractivity contribution >= 4 is 13.7 Å². The van der Waals surface area contributed by atoms with Crippen LogP contribution in [0.1, 0.15) is 162 Å². The lowest BCUT2D eigenvalue weighted by atomic mass is 10.1. The highest BCUT2D eigenvalue weighted by atomic mass is 31.2. The third-order valence-corrected chi connectivity index (χ3v) is 10.7. The first-order valence-corrected chi connectivity index (χ1v) is 25.2. The number of hydrogen-bond acceptors (Lipinski definition) is 6. The van der Waals surface area contributed by atoms with E-state index in [2.05, 4.69) is 116 Å². The van der Waals surface area contributed by atoms with Gasteiger partial charge in [0, 0.05) is 6.42 Å². The smallest absolute Gasteiger partial charge is 0.268 e. The number of nitrogens with zero attached hydrogens (tertiary/aromatic N) is 1. The second-order valence-electron chi connectivity index (χ2n) is 16.7. The quantitative estimate of drug-likeness (QED) is 0.0274. The lowest BCUT2D eigenvalue weighted by molar-refractivity contribution is -0.870.